The van der Waals surface area contributed by atoms with E-state index in [1.807, 2.05) is 67.2 Å². The molecule has 0 amide bonds. The van der Waals surface area contributed by atoms with E-state index < -0.39 is 0 Å². The van der Waals surface area contributed by atoms with Crippen molar-refractivity contribution >= 4 is 5.96 Å². The second-order valence-corrected chi connectivity index (χ2v) is 6.51. The number of pyridine rings is 1. The lowest BCUT2D eigenvalue weighted by molar-refractivity contribution is 0.212. The number of hydrogen-bond donors (Lipinski definition) is 2. The van der Waals surface area contributed by atoms with E-state index in [1.54, 1.807) is 12.4 Å². The van der Waals surface area contributed by atoms with Crippen LogP contribution in [0, 0.1) is 0 Å². The molecule has 0 aliphatic heterocycles. The third-order valence-electron chi connectivity index (χ3n) is 4.27. The minimum Gasteiger partial charge on any atom is -0.490 e. The van der Waals surface area contributed by atoms with Gasteiger partial charge in [0.25, 0.3) is 0 Å². The van der Waals surface area contributed by atoms with Gasteiger partial charge in [0.05, 0.1) is 18.8 Å². The van der Waals surface area contributed by atoms with E-state index in [0.29, 0.717) is 32.2 Å². The summed E-state index contributed by atoms with van der Waals surface area (Å²) in [5, 5.41) is 10.7. The van der Waals surface area contributed by atoms with Crippen LogP contribution in [0.5, 0.6) is 11.6 Å². The SMILES string of the molecule is CCNC(=NCc1ccc(OCCOc2ccccc2)nc1)NCc1ccnn1C. The third-order valence-corrected chi connectivity index (χ3v) is 4.27. The molecule has 0 atom stereocenters. The van der Waals surface area contributed by atoms with E-state index in [4.69, 9.17) is 9.47 Å². The highest BCUT2D eigenvalue weighted by Crippen LogP contribution is 2.10. The van der Waals surface area contributed by atoms with Crippen molar-refractivity contribution in [3.05, 3.63) is 72.2 Å². The number of aliphatic imine (C=N–C) groups is 1. The second kappa shape index (κ2) is 11.5. The predicted molar refractivity (Wildman–Crippen MR) is 117 cm³/mol. The molecule has 3 aromatic rings. The lowest BCUT2D eigenvalue weighted by Crippen LogP contribution is -2.37. The number of hydrogen-bond acceptors (Lipinski definition) is 5. The minimum absolute atomic E-state index is 0.432. The maximum absolute atomic E-state index is 5.63. The summed E-state index contributed by atoms with van der Waals surface area (Å²) in [6.07, 6.45) is 3.56. The molecular weight excluding hydrogens is 380 g/mol. The zero-order valence-electron chi connectivity index (χ0n) is 17.4. The molecule has 0 unspecified atom stereocenters. The van der Waals surface area contributed by atoms with Crippen molar-refractivity contribution < 1.29 is 9.47 Å². The molecule has 0 spiro atoms. The molecule has 8 nitrogen and oxygen atoms in total. The zero-order chi connectivity index (χ0) is 21.0. The van der Waals surface area contributed by atoms with Gasteiger partial charge in [-0.3, -0.25) is 4.68 Å². The molecule has 0 bridgehead atoms. The number of para-hydroxylation sites is 1. The average Bonchev–Trinajstić information content (AvgIpc) is 3.19. The molecular formula is C22H28N6O2. The van der Waals surface area contributed by atoms with Gasteiger partial charge in [0.2, 0.25) is 5.88 Å². The Morgan fingerprint density at radius 1 is 1.03 bits per heavy atom. The molecule has 2 aromatic heterocycles. The van der Waals surface area contributed by atoms with Gasteiger partial charge >= 0.3 is 0 Å². The summed E-state index contributed by atoms with van der Waals surface area (Å²) in [6, 6.07) is 15.5. The first-order valence-corrected chi connectivity index (χ1v) is 9.99. The van der Waals surface area contributed by atoms with Crippen molar-refractivity contribution in [2.24, 2.45) is 12.0 Å². The summed E-state index contributed by atoms with van der Waals surface area (Å²) < 4.78 is 13.1. The number of nitrogens with zero attached hydrogens (tertiary/aromatic N) is 4. The van der Waals surface area contributed by atoms with Gasteiger partial charge in [0.15, 0.2) is 5.96 Å². The van der Waals surface area contributed by atoms with Crippen LogP contribution < -0.4 is 20.1 Å². The maximum atomic E-state index is 5.63. The Kier molecular flexibility index (Phi) is 8.08. The molecule has 0 aliphatic carbocycles. The zero-order valence-corrected chi connectivity index (χ0v) is 17.4. The number of aryl methyl sites for hydroxylation is 1. The Hall–Kier alpha value is -3.55. The Morgan fingerprint density at radius 3 is 2.57 bits per heavy atom. The van der Waals surface area contributed by atoms with Crippen LogP contribution in [0.2, 0.25) is 0 Å². The first-order valence-electron chi connectivity index (χ1n) is 9.99. The first-order chi connectivity index (χ1) is 14.7. The van der Waals surface area contributed by atoms with Crippen LogP contribution in [0.25, 0.3) is 0 Å². The van der Waals surface area contributed by atoms with Crippen LogP contribution in [0.3, 0.4) is 0 Å². The normalized spacial score (nSPS) is 11.2. The van der Waals surface area contributed by atoms with Crippen molar-refractivity contribution in [3.63, 3.8) is 0 Å². The second-order valence-electron chi connectivity index (χ2n) is 6.51. The van der Waals surface area contributed by atoms with Crippen LogP contribution in [0.1, 0.15) is 18.2 Å². The molecule has 8 heteroatoms. The fraction of sp³-hybridized carbons (Fsp3) is 0.318. The minimum atomic E-state index is 0.432. The van der Waals surface area contributed by atoms with Gasteiger partial charge < -0.3 is 20.1 Å². The number of guanidine groups is 1. The molecule has 0 saturated carbocycles. The highest BCUT2D eigenvalue weighted by atomic mass is 16.5. The first kappa shape index (κ1) is 21.2. The number of ether oxygens (including phenoxy) is 2. The molecule has 0 radical (unpaired) electrons. The van der Waals surface area contributed by atoms with E-state index in [-0.39, 0.29) is 0 Å². The average molecular weight is 409 g/mol. The summed E-state index contributed by atoms with van der Waals surface area (Å²) in [5.41, 5.74) is 2.08. The highest BCUT2D eigenvalue weighted by molar-refractivity contribution is 5.79. The quantitative estimate of drug-likeness (QED) is 0.305. The van der Waals surface area contributed by atoms with Crippen molar-refractivity contribution in [1.29, 1.82) is 0 Å². The van der Waals surface area contributed by atoms with Crippen LogP contribution in [-0.2, 0) is 20.1 Å². The Labute approximate surface area is 177 Å². The van der Waals surface area contributed by atoms with Gasteiger partial charge in [-0.05, 0) is 30.7 Å². The molecule has 0 saturated heterocycles. The van der Waals surface area contributed by atoms with E-state index in [1.165, 1.54) is 0 Å². The summed E-state index contributed by atoms with van der Waals surface area (Å²) in [6.45, 7) is 4.89. The van der Waals surface area contributed by atoms with Crippen molar-refractivity contribution in [2.75, 3.05) is 19.8 Å². The van der Waals surface area contributed by atoms with Gasteiger partial charge in [0.1, 0.15) is 19.0 Å². The molecule has 3 rings (SSSR count). The molecule has 158 valence electrons. The van der Waals surface area contributed by atoms with Crippen LogP contribution in [-0.4, -0.2) is 40.5 Å². The number of aromatic nitrogens is 3. The van der Waals surface area contributed by atoms with Crippen molar-refractivity contribution in [2.45, 2.75) is 20.0 Å². The molecule has 2 heterocycles. The predicted octanol–water partition coefficient (Wildman–Crippen LogP) is 2.53. The van der Waals surface area contributed by atoms with E-state index in [9.17, 15) is 0 Å². The van der Waals surface area contributed by atoms with E-state index in [2.05, 4.69) is 25.7 Å². The third kappa shape index (κ3) is 6.80. The summed E-state index contributed by atoms with van der Waals surface area (Å²) in [5.74, 6) is 2.15. The molecule has 2 N–H and O–H groups in total. The Morgan fingerprint density at radius 2 is 1.87 bits per heavy atom. The smallest absolute Gasteiger partial charge is 0.213 e. The Bertz CT molecular complexity index is 909. The van der Waals surface area contributed by atoms with Gasteiger partial charge in [-0.15, -0.1) is 0 Å². The number of benzene rings is 1. The molecule has 0 aliphatic rings. The van der Waals surface area contributed by atoms with Crippen molar-refractivity contribution in [3.8, 4) is 11.6 Å². The summed E-state index contributed by atoms with van der Waals surface area (Å²) in [4.78, 5) is 8.96. The lowest BCUT2D eigenvalue weighted by atomic mass is 10.3. The van der Waals surface area contributed by atoms with Crippen LogP contribution in [0.4, 0.5) is 0 Å². The monoisotopic (exact) mass is 408 g/mol. The van der Waals surface area contributed by atoms with Crippen molar-refractivity contribution in [1.82, 2.24) is 25.4 Å². The molecule has 1 aromatic carbocycles. The highest BCUT2D eigenvalue weighted by Gasteiger charge is 2.02. The standard InChI is InChI=1S/C22H28N6O2/c1-3-23-22(26-17-19-11-12-27-28(19)2)25-16-18-9-10-21(24-15-18)30-14-13-29-20-7-5-4-6-8-20/h4-12,15H,3,13-14,16-17H2,1-2H3,(H2,23,25,26). The number of nitrogens with one attached hydrogen (secondary N) is 2. The summed E-state index contributed by atoms with van der Waals surface area (Å²) >= 11 is 0. The van der Waals surface area contributed by atoms with E-state index >= 15 is 0 Å². The topological polar surface area (TPSA) is 85.6 Å². The van der Waals surface area contributed by atoms with E-state index in [0.717, 1.165) is 29.5 Å². The Balaban J connectivity index is 1.44. The largest absolute Gasteiger partial charge is 0.490 e. The number of rotatable bonds is 10. The van der Waals surface area contributed by atoms with Gasteiger partial charge in [-0.25, -0.2) is 9.98 Å². The lowest BCUT2D eigenvalue weighted by Gasteiger charge is -2.11. The van der Waals surface area contributed by atoms with Gasteiger partial charge in [0, 0.05) is 32.1 Å². The van der Waals surface area contributed by atoms with Gasteiger partial charge in [-0.2, -0.15) is 5.10 Å². The van der Waals surface area contributed by atoms with Gasteiger partial charge in [-0.1, -0.05) is 24.3 Å². The molecule has 0 fully saturated rings. The fourth-order valence-electron chi connectivity index (χ4n) is 2.67. The van der Waals surface area contributed by atoms with Crippen LogP contribution in [0.15, 0.2) is 65.9 Å². The maximum Gasteiger partial charge on any atom is 0.213 e. The fourth-order valence-corrected chi connectivity index (χ4v) is 2.67. The molecule has 30 heavy (non-hydrogen) atoms. The summed E-state index contributed by atoms with van der Waals surface area (Å²) in [7, 11) is 1.92. The van der Waals surface area contributed by atoms with Crippen LogP contribution >= 0.6 is 0 Å².